The van der Waals surface area contributed by atoms with Crippen molar-refractivity contribution in [2.24, 2.45) is 5.92 Å². The molecule has 1 N–H and O–H groups in total. The minimum atomic E-state index is -0.584. The Morgan fingerprint density at radius 3 is 2.38 bits per heavy atom. The lowest BCUT2D eigenvalue weighted by Crippen LogP contribution is -2.25. The van der Waals surface area contributed by atoms with Crippen molar-refractivity contribution in [1.29, 1.82) is 0 Å². The molecule has 3 nitrogen and oxygen atoms in total. The van der Waals surface area contributed by atoms with E-state index in [1.54, 1.807) is 0 Å². The predicted octanol–water partition coefficient (Wildman–Crippen LogP) is 4.00. The zero-order valence-electron chi connectivity index (χ0n) is 13.8. The van der Waals surface area contributed by atoms with Crippen LogP contribution in [0.5, 0.6) is 5.75 Å². The second-order valence-electron chi connectivity index (χ2n) is 5.86. The van der Waals surface area contributed by atoms with E-state index in [-0.39, 0.29) is 6.61 Å². The third kappa shape index (κ3) is 6.49. The van der Waals surface area contributed by atoms with E-state index < -0.39 is 6.10 Å². The number of ether oxygens (including phenoxy) is 2. The molecule has 0 radical (unpaired) electrons. The molecule has 3 heteroatoms. The van der Waals surface area contributed by atoms with Gasteiger partial charge in [0, 0.05) is 6.61 Å². The number of hydrogen-bond acceptors (Lipinski definition) is 3. The maximum Gasteiger partial charge on any atom is 0.122 e. The van der Waals surface area contributed by atoms with Gasteiger partial charge < -0.3 is 14.6 Å². The van der Waals surface area contributed by atoms with Gasteiger partial charge in [0.1, 0.15) is 18.5 Å². The number of benzene rings is 1. The molecule has 0 saturated heterocycles. The van der Waals surface area contributed by atoms with Crippen molar-refractivity contribution in [1.82, 2.24) is 0 Å². The van der Waals surface area contributed by atoms with Crippen molar-refractivity contribution in [2.75, 3.05) is 19.8 Å². The third-order valence-electron chi connectivity index (χ3n) is 3.90. The van der Waals surface area contributed by atoms with E-state index in [1.807, 2.05) is 18.2 Å². The van der Waals surface area contributed by atoms with Crippen LogP contribution in [0.3, 0.4) is 0 Å². The first-order valence-electron chi connectivity index (χ1n) is 8.05. The Bertz CT molecular complexity index is 392. The number of para-hydroxylation sites is 1. The van der Waals surface area contributed by atoms with Gasteiger partial charge in [-0.05, 0) is 29.9 Å². The Kier molecular flexibility index (Phi) is 8.40. The van der Waals surface area contributed by atoms with Gasteiger partial charge in [0.2, 0.25) is 0 Å². The van der Waals surface area contributed by atoms with Crippen molar-refractivity contribution >= 4 is 0 Å². The summed E-state index contributed by atoms with van der Waals surface area (Å²) in [5.41, 5.74) is 1.20. The molecule has 3 atom stereocenters. The summed E-state index contributed by atoms with van der Waals surface area (Å²) >= 11 is 0. The van der Waals surface area contributed by atoms with Crippen LogP contribution in [0.25, 0.3) is 0 Å². The first-order valence-corrected chi connectivity index (χ1v) is 8.05. The van der Waals surface area contributed by atoms with Crippen molar-refractivity contribution in [3.63, 3.8) is 0 Å². The summed E-state index contributed by atoms with van der Waals surface area (Å²) in [6, 6.07) is 8.05. The number of aliphatic hydroxyl groups excluding tert-OH is 1. The van der Waals surface area contributed by atoms with Gasteiger partial charge >= 0.3 is 0 Å². The maximum atomic E-state index is 9.93. The molecule has 0 amide bonds. The van der Waals surface area contributed by atoms with Gasteiger partial charge in [0.25, 0.3) is 0 Å². The molecule has 0 bridgehead atoms. The summed E-state index contributed by atoms with van der Waals surface area (Å²) in [5.74, 6) is 1.86. The highest BCUT2D eigenvalue weighted by Crippen LogP contribution is 2.28. The van der Waals surface area contributed by atoms with Crippen LogP contribution in [0.2, 0.25) is 0 Å². The van der Waals surface area contributed by atoms with Crippen LogP contribution in [-0.4, -0.2) is 31.0 Å². The molecule has 21 heavy (non-hydrogen) atoms. The molecule has 0 fully saturated rings. The fourth-order valence-electron chi connectivity index (χ4n) is 2.00. The second-order valence-corrected chi connectivity index (χ2v) is 5.86. The highest BCUT2D eigenvalue weighted by atomic mass is 16.5. The van der Waals surface area contributed by atoms with E-state index >= 15 is 0 Å². The Hall–Kier alpha value is -1.06. The van der Waals surface area contributed by atoms with Crippen molar-refractivity contribution in [3.8, 4) is 5.75 Å². The van der Waals surface area contributed by atoms with Gasteiger partial charge in [0.05, 0.1) is 6.61 Å². The molecule has 0 aliphatic heterocycles. The van der Waals surface area contributed by atoms with E-state index in [9.17, 15) is 5.11 Å². The van der Waals surface area contributed by atoms with Crippen LogP contribution in [0, 0.1) is 5.92 Å². The molecule has 0 aliphatic carbocycles. The van der Waals surface area contributed by atoms with Crippen LogP contribution >= 0.6 is 0 Å². The maximum absolute atomic E-state index is 9.93. The van der Waals surface area contributed by atoms with Crippen LogP contribution in [0.1, 0.15) is 52.0 Å². The van der Waals surface area contributed by atoms with E-state index in [0.717, 1.165) is 18.6 Å². The summed E-state index contributed by atoms with van der Waals surface area (Å²) in [6.07, 6.45) is 1.58. The van der Waals surface area contributed by atoms with Gasteiger partial charge in [0.15, 0.2) is 0 Å². The van der Waals surface area contributed by atoms with Crippen LogP contribution in [0.4, 0.5) is 0 Å². The fourth-order valence-corrected chi connectivity index (χ4v) is 2.00. The summed E-state index contributed by atoms with van der Waals surface area (Å²) in [6.45, 7) is 9.93. The molecule has 0 spiro atoms. The van der Waals surface area contributed by atoms with E-state index in [4.69, 9.17) is 9.47 Å². The minimum Gasteiger partial charge on any atom is -0.491 e. The molecule has 1 rings (SSSR count). The van der Waals surface area contributed by atoms with Gasteiger partial charge in [-0.3, -0.25) is 0 Å². The SMILES string of the molecule is CCC(C)COCC(O)COc1ccccc1C(C)CC. The zero-order chi connectivity index (χ0) is 15.7. The molecule has 0 aliphatic rings. The first kappa shape index (κ1) is 18.0. The fraction of sp³-hybridized carbons (Fsp3) is 0.667. The van der Waals surface area contributed by atoms with Crippen LogP contribution < -0.4 is 4.74 Å². The quantitative estimate of drug-likeness (QED) is 0.709. The highest BCUT2D eigenvalue weighted by molar-refractivity contribution is 5.35. The Morgan fingerprint density at radius 1 is 1.00 bits per heavy atom. The largest absolute Gasteiger partial charge is 0.491 e. The molecule has 120 valence electrons. The molecule has 1 aromatic carbocycles. The summed E-state index contributed by atoms with van der Waals surface area (Å²) in [4.78, 5) is 0. The molecule has 1 aromatic rings. The third-order valence-corrected chi connectivity index (χ3v) is 3.90. The lowest BCUT2D eigenvalue weighted by Gasteiger charge is -2.18. The second kappa shape index (κ2) is 9.80. The van der Waals surface area contributed by atoms with Crippen molar-refractivity contribution in [3.05, 3.63) is 29.8 Å². The van der Waals surface area contributed by atoms with Crippen LogP contribution in [0.15, 0.2) is 24.3 Å². The number of aliphatic hydroxyl groups is 1. The first-order chi connectivity index (χ1) is 10.1. The van der Waals surface area contributed by atoms with E-state index in [1.165, 1.54) is 5.56 Å². The van der Waals surface area contributed by atoms with E-state index in [2.05, 4.69) is 33.8 Å². The topological polar surface area (TPSA) is 38.7 Å². The van der Waals surface area contributed by atoms with E-state index in [0.29, 0.717) is 25.0 Å². The molecule has 0 aromatic heterocycles. The lowest BCUT2D eigenvalue weighted by molar-refractivity contribution is 0.00172. The number of rotatable bonds is 10. The highest BCUT2D eigenvalue weighted by Gasteiger charge is 2.12. The van der Waals surface area contributed by atoms with Gasteiger partial charge in [-0.1, -0.05) is 52.3 Å². The Labute approximate surface area is 129 Å². The minimum absolute atomic E-state index is 0.272. The molecule has 3 unspecified atom stereocenters. The molecule has 0 heterocycles. The predicted molar refractivity (Wildman–Crippen MR) is 86.9 cm³/mol. The Balaban J connectivity index is 2.41. The summed E-state index contributed by atoms with van der Waals surface area (Å²) in [5, 5.41) is 9.93. The van der Waals surface area contributed by atoms with Crippen molar-refractivity contribution in [2.45, 2.75) is 52.6 Å². The average Bonchev–Trinajstić information content (AvgIpc) is 2.52. The standard InChI is InChI=1S/C18H30O3/c1-5-14(3)11-20-12-16(19)13-21-18-10-8-7-9-17(18)15(4)6-2/h7-10,14-16,19H,5-6,11-13H2,1-4H3. The summed E-state index contributed by atoms with van der Waals surface area (Å²) in [7, 11) is 0. The zero-order valence-corrected chi connectivity index (χ0v) is 13.8. The smallest absolute Gasteiger partial charge is 0.122 e. The van der Waals surface area contributed by atoms with Gasteiger partial charge in [-0.2, -0.15) is 0 Å². The molecule has 0 saturated carbocycles. The monoisotopic (exact) mass is 294 g/mol. The molecular weight excluding hydrogens is 264 g/mol. The molecular formula is C18H30O3. The summed E-state index contributed by atoms with van der Waals surface area (Å²) < 4.78 is 11.3. The lowest BCUT2D eigenvalue weighted by atomic mass is 9.98. The normalized spacial score (nSPS) is 15.5. The Morgan fingerprint density at radius 2 is 1.71 bits per heavy atom. The van der Waals surface area contributed by atoms with Gasteiger partial charge in [-0.15, -0.1) is 0 Å². The number of hydrogen-bond donors (Lipinski definition) is 1. The average molecular weight is 294 g/mol. The van der Waals surface area contributed by atoms with Gasteiger partial charge in [-0.25, -0.2) is 0 Å². The van der Waals surface area contributed by atoms with Crippen LogP contribution in [-0.2, 0) is 4.74 Å². The van der Waals surface area contributed by atoms with Crippen molar-refractivity contribution < 1.29 is 14.6 Å².